The highest BCUT2D eigenvalue weighted by Gasteiger charge is 2.15. The molecular formula is C16H12F2N2O5S. The molecule has 1 N–H and O–H groups in total. The SMILES string of the molecule is O=C(COC(=O)CSc1ccccc1F)Nc1cc([N+](=O)[O-])ccc1F. The molecule has 2 aromatic carbocycles. The first-order valence-corrected chi connectivity index (χ1v) is 8.12. The van der Waals surface area contributed by atoms with Crippen molar-refractivity contribution in [1.82, 2.24) is 0 Å². The number of nitrogens with zero attached hydrogens (tertiary/aromatic N) is 1. The molecule has 0 saturated heterocycles. The predicted octanol–water partition coefficient (Wildman–Crippen LogP) is 3.15. The molecule has 26 heavy (non-hydrogen) atoms. The number of nitro groups is 1. The Morgan fingerprint density at radius 1 is 1.15 bits per heavy atom. The summed E-state index contributed by atoms with van der Waals surface area (Å²) in [6.45, 7) is -0.710. The second-order valence-corrected chi connectivity index (χ2v) is 5.87. The van der Waals surface area contributed by atoms with Crippen molar-refractivity contribution in [2.24, 2.45) is 0 Å². The molecule has 0 aromatic heterocycles. The maximum atomic E-state index is 13.6. The molecular weight excluding hydrogens is 370 g/mol. The number of thioether (sulfide) groups is 1. The lowest BCUT2D eigenvalue weighted by Gasteiger charge is -2.07. The van der Waals surface area contributed by atoms with Gasteiger partial charge < -0.3 is 10.1 Å². The number of amides is 1. The summed E-state index contributed by atoms with van der Waals surface area (Å²) in [7, 11) is 0. The number of carbonyl (C=O) groups is 2. The van der Waals surface area contributed by atoms with Crippen LogP contribution in [0.25, 0.3) is 0 Å². The lowest BCUT2D eigenvalue weighted by atomic mass is 10.2. The first-order valence-electron chi connectivity index (χ1n) is 7.13. The average molecular weight is 382 g/mol. The molecule has 1 amide bonds. The second kappa shape index (κ2) is 8.90. The molecule has 0 spiro atoms. The summed E-state index contributed by atoms with van der Waals surface area (Å²) in [6.07, 6.45) is 0. The van der Waals surface area contributed by atoms with E-state index in [1.54, 1.807) is 6.07 Å². The number of rotatable bonds is 7. The molecule has 0 aliphatic carbocycles. The van der Waals surface area contributed by atoms with Crippen LogP contribution in [0.15, 0.2) is 47.4 Å². The van der Waals surface area contributed by atoms with E-state index in [1.807, 2.05) is 0 Å². The normalized spacial score (nSPS) is 10.2. The Morgan fingerprint density at radius 3 is 2.58 bits per heavy atom. The number of esters is 1. The Labute approximate surface area is 150 Å². The molecule has 0 aliphatic heterocycles. The van der Waals surface area contributed by atoms with Gasteiger partial charge in [0.05, 0.1) is 16.4 Å². The number of non-ortho nitro benzene ring substituents is 1. The third-order valence-electron chi connectivity index (χ3n) is 2.98. The zero-order valence-electron chi connectivity index (χ0n) is 13.1. The van der Waals surface area contributed by atoms with Crippen molar-refractivity contribution >= 4 is 35.0 Å². The van der Waals surface area contributed by atoms with Gasteiger partial charge in [-0.25, -0.2) is 8.78 Å². The highest BCUT2D eigenvalue weighted by Crippen LogP contribution is 2.22. The fourth-order valence-corrected chi connectivity index (χ4v) is 2.53. The van der Waals surface area contributed by atoms with E-state index in [0.29, 0.717) is 0 Å². The van der Waals surface area contributed by atoms with Crippen molar-refractivity contribution in [3.63, 3.8) is 0 Å². The summed E-state index contributed by atoms with van der Waals surface area (Å²) in [4.78, 5) is 33.4. The summed E-state index contributed by atoms with van der Waals surface area (Å²) >= 11 is 0.902. The monoisotopic (exact) mass is 382 g/mol. The average Bonchev–Trinajstić information content (AvgIpc) is 2.61. The molecule has 0 aliphatic rings. The summed E-state index contributed by atoms with van der Waals surface area (Å²) in [5.74, 6) is -3.21. The minimum atomic E-state index is -0.870. The molecule has 2 rings (SSSR count). The van der Waals surface area contributed by atoms with E-state index in [2.05, 4.69) is 5.32 Å². The molecule has 0 radical (unpaired) electrons. The minimum Gasteiger partial charge on any atom is -0.455 e. The highest BCUT2D eigenvalue weighted by atomic mass is 32.2. The van der Waals surface area contributed by atoms with Gasteiger partial charge in [-0.3, -0.25) is 19.7 Å². The lowest BCUT2D eigenvalue weighted by Crippen LogP contribution is -2.22. The van der Waals surface area contributed by atoms with E-state index >= 15 is 0 Å². The minimum absolute atomic E-state index is 0.223. The first-order chi connectivity index (χ1) is 12.4. The fraction of sp³-hybridized carbons (Fsp3) is 0.125. The van der Waals surface area contributed by atoms with Gasteiger partial charge >= 0.3 is 5.97 Å². The van der Waals surface area contributed by atoms with Crippen molar-refractivity contribution < 1.29 is 28.0 Å². The van der Waals surface area contributed by atoms with Gasteiger partial charge in [-0.1, -0.05) is 12.1 Å². The molecule has 7 nitrogen and oxygen atoms in total. The Kier molecular flexibility index (Phi) is 6.61. The van der Waals surface area contributed by atoms with Crippen molar-refractivity contribution in [3.05, 3.63) is 64.2 Å². The van der Waals surface area contributed by atoms with Crippen molar-refractivity contribution in [3.8, 4) is 0 Å². The van der Waals surface area contributed by atoms with Crippen LogP contribution in [0.5, 0.6) is 0 Å². The smallest absolute Gasteiger partial charge is 0.316 e. The molecule has 2 aromatic rings. The number of halogens is 2. The molecule has 0 bridgehead atoms. The number of nitrogens with one attached hydrogen (secondary N) is 1. The first kappa shape index (κ1) is 19.3. The highest BCUT2D eigenvalue weighted by molar-refractivity contribution is 8.00. The van der Waals surface area contributed by atoms with Crippen molar-refractivity contribution in [2.75, 3.05) is 17.7 Å². The summed E-state index contributed by atoms with van der Waals surface area (Å²) in [5.41, 5.74) is -0.805. The Bertz CT molecular complexity index is 847. The second-order valence-electron chi connectivity index (χ2n) is 4.85. The third kappa shape index (κ3) is 5.52. The number of benzene rings is 2. The zero-order valence-corrected chi connectivity index (χ0v) is 13.9. The Balaban J connectivity index is 1.83. The van der Waals surface area contributed by atoms with Crippen molar-refractivity contribution in [1.29, 1.82) is 0 Å². The number of hydrogen-bond acceptors (Lipinski definition) is 6. The lowest BCUT2D eigenvalue weighted by molar-refractivity contribution is -0.384. The zero-order chi connectivity index (χ0) is 19.1. The van der Waals surface area contributed by atoms with Gasteiger partial charge in [0.1, 0.15) is 11.6 Å². The Hall–Kier alpha value is -3.01. The van der Waals surface area contributed by atoms with E-state index in [0.717, 1.165) is 30.0 Å². The molecule has 136 valence electrons. The van der Waals surface area contributed by atoms with Crippen LogP contribution >= 0.6 is 11.8 Å². The van der Waals surface area contributed by atoms with E-state index in [-0.39, 0.29) is 10.6 Å². The van der Waals surface area contributed by atoms with E-state index in [1.165, 1.54) is 18.2 Å². The summed E-state index contributed by atoms with van der Waals surface area (Å²) in [5, 5.41) is 12.7. The van der Waals surface area contributed by atoms with Crippen molar-refractivity contribution in [2.45, 2.75) is 4.90 Å². The predicted molar refractivity (Wildman–Crippen MR) is 89.8 cm³/mol. The van der Waals surface area contributed by atoms with Crippen LogP contribution in [-0.4, -0.2) is 29.2 Å². The number of hydrogen-bond donors (Lipinski definition) is 1. The van der Waals surface area contributed by atoms with E-state index < -0.39 is 46.4 Å². The molecule has 0 heterocycles. The van der Waals surface area contributed by atoms with E-state index in [9.17, 15) is 28.5 Å². The molecule has 10 heteroatoms. The summed E-state index contributed by atoms with van der Waals surface area (Å²) < 4.78 is 31.7. The van der Waals surface area contributed by atoms with Crippen LogP contribution in [-0.2, 0) is 14.3 Å². The largest absolute Gasteiger partial charge is 0.455 e. The van der Waals surface area contributed by atoms with Crippen LogP contribution in [0.3, 0.4) is 0 Å². The molecule has 0 atom stereocenters. The van der Waals surface area contributed by atoms with Crippen LogP contribution in [0.4, 0.5) is 20.2 Å². The van der Waals surface area contributed by atoms with Crippen LogP contribution in [0, 0.1) is 21.7 Å². The summed E-state index contributed by atoms with van der Waals surface area (Å²) in [6, 6.07) is 8.49. The third-order valence-corrected chi connectivity index (χ3v) is 4.00. The van der Waals surface area contributed by atoms with Gasteiger partial charge in [-0.15, -0.1) is 11.8 Å². The maximum Gasteiger partial charge on any atom is 0.316 e. The standard InChI is InChI=1S/C16H12F2N2O5S/c17-11-6-5-10(20(23)24)7-13(11)19-15(21)8-25-16(22)9-26-14-4-2-1-3-12(14)18/h1-7H,8-9H2,(H,19,21). The van der Waals surface area contributed by atoms with Gasteiger partial charge in [-0.05, 0) is 18.2 Å². The van der Waals surface area contributed by atoms with E-state index in [4.69, 9.17) is 4.74 Å². The topological polar surface area (TPSA) is 98.5 Å². The molecule has 0 fully saturated rings. The van der Waals surface area contributed by atoms with Gasteiger partial charge in [0.25, 0.3) is 11.6 Å². The van der Waals surface area contributed by atoms with Gasteiger partial charge in [0.2, 0.25) is 0 Å². The molecule has 0 saturated carbocycles. The van der Waals surface area contributed by atoms with Crippen LogP contribution in [0.1, 0.15) is 0 Å². The maximum absolute atomic E-state index is 13.6. The van der Waals surface area contributed by atoms with Gasteiger partial charge in [0, 0.05) is 17.0 Å². The quantitative estimate of drug-likeness (QED) is 0.342. The number of ether oxygens (including phenoxy) is 1. The number of nitro benzene ring substituents is 1. The Morgan fingerprint density at radius 2 is 1.88 bits per heavy atom. The number of carbonyl (C=O) groups excluding carboxylic acids is 2. The van der Waals surface area contributed by atoms with Crippen LogP contribution < -0.4 is 5.32 Å². The van der Waals surface area contributed by atoms with Gasteiger partial charge in [0.15, 0.2) is 6.61 Å². The van der Waals surface area contributed by atoms with Gasteiger partial charge in [-0.2, -0.15) is 0 Å². The molecule has 0 unspecified atom stereocenters. The fourth-order valence-electron chi connectivity index (χ4n) is 1.80. The van der Waals surface area contributed by atoms with Crippen LogP contribution in [0.2, 0.25) is 0 Å². The number of anilines is 1.